The SMILES string of the molecule is CCCCCCCCCC(=O)OCC(Cn1cc(CCC(=O)CC)nn1)OC(=O)CCCCCCCCC. The first-order chi connectivity index (χ1) is 18.5. The molecule has 0 N–H and O–H groups in total. The molecule has 0 aromatic carbocycles. The predicted molar refractivity (Wildman–Crippen MR) is 150 cm³/mol. The van der Waals surface area contributed by atoms with Crippen LogP contribution in [0.25, 0.3) is 0 Å². The number of aromatic nitrogens is 3. The number of carbonyl (C=O) groups excluding carboxylic acids is 3. The van der Waals surface area contributed by atoms with E-state index in [-0.39, 0.29) is 30.9 Å². The minimum atomic E-state index is -0.628. The summed E-state index contributed by atoms with van der Waals surface area (Å²) in [4.78, 5) is 36.4. The number of ether oxygens (including phenoxy) is 2. The van der Waals surface area contributed by atoms with E-state index in [4.69, 9.17) is 9.47 Å². The summed E-state index contributed by atoms with van der Waals surface area (Å²) in [6.07, 6.45) is 19.2. The van der Waals surface area contributed by atoms with Crippen LogP contribution in [0.3, 0.4) is 0 Å². The Hall–Kier alpha value is -2.25. The monoisotopic (exact) mass is 535 g/mol. The number of nitrogens with zero attached hydrogens (tertiary/aromatic N) is 3. The topological polar surface area (TPSA) is 100 Å². The van der Waals surface area contributed by atoms with Gasteiger partial charge in [-0.3, -0.25) is 14.4 Å². The molecule has 1 atom stereocenters. The zero-order valence-corrected chi connectivity index (χ0v) is 24.4. The van der Waals surface area contributed by atoms with Crippen molar-refractivity contribution < 1.29 is 23.9 Å². The second kappa shape index (κ2) is 22.7. The molecule has 0 amide bonds. The molecule has 0 saturated carbocycles. The molecule has 218 valence electrons. The average molecular weight is 536 g/mol. The van der Waals surface area contributed by atoms with Gasteiger partial charge in [-0.1, -0.05) is 103 Å². The number of aryl methyl sites for hydroxylation is 1. The Morgan fingerprint density at radius 2 is 1.32 bits per heavy atom. The highest BCUT2D eigenvalue weighted by Crippen LogP contribution is 2.12. The summed E-state index contributed by atoms with van der Waals surface area (Å²) in [6.45, 7) is 6.50. The largest absolute Gasteiger partial charge is 0.462 e. The lowest BCUT2D eigenvalue weighted by molar-refractivity contribution is -0.160. The van der Waals surface area contributed by atoms with Gasteiger partial charge in [-0.25, -0.2) is 4.68 Å². The number of esters is 2. The fourth-order valence-electron chi connectivity index (χ4n) is 4.27. The molecule has 8 nitrogen and oxygen atoms in total. The van der Waals surface area contributed by atoms with Gasteiger partial charge in [0.2, 0.25) is 0 Å². The highest BCUT2D eigenvalue weighted by Gasteiger charge is 2.19. The maximum atomic E-state index is 12.5. The summed E-state index contributed by atoms with van der Waals surface area (Å²) < 4.78 is 12.8. The van der Waals surface area contributed by atoms with Crippen LogP contribution in [-0.4, -0.2) is 45.4 Å². The van der Waals surface area contributed by atoms with Crippen molar-refractivity contribution in [2.24, 2.45) is 0 Å². The Labute approximate surface area is 230 Å². The summed E-state index contributed by atoms with van der Waals surface area (Å²) in [6, 6.07) is 0. The minimum absolute atomic E-state index is 0.00159. The molecule has 0 aliphatic heterocycles. The molecule has 1 unspecified atom stereocenters. The van der Waals surface area contributed by atoms with Crippen LogP contribution in [-0.2, 0) is 36.8 Å². The molecular formula is C30H53N3O5. The first kappa shape index (κ1) is 33.8. The van der Waals surface area contributed by atoms with E-state index < -0.39 is 6.10 Å². The van der Waals surface area contributed by atoms with Crippen LogP contribution in [0.1, 0.15) is 142 Å². The summed E-state index contributed by atoms with van der Waals surface area (Å²) in [7, 11) is 0. The Morgan fingerprint density at radius 3 is 1.89 bits per heavy atom. The van der Waals surface area contributed by atoms with Crippen molar-refractivity contribution in [2.45, 2.75) is 155 Å². The Morgan fingerprint density at radius 1 is 0.763 bits per heavy atom. The van der Waals surface area contributed by atoms with E-state index in [0.717, 1.165) is 44.2 Å². The number of hydrogen-bond acceptors (Lipinski definition) is 7. The molecule has 0 fully saturated rings. The summed E-state index contributed by atoms with van der Waals surface area (Å²) in [5, 5.41) is 8.25. The lowest BCUT2D eigenvalue weighted by Gasteiger charge is -2.18. The molecular weight excluding hydrogens is 482 g/mol. The summed E-state index contributed by atoms with van der Waals surface area (Å²) >= 11 is 0. The third-order valence-electron chi connectivity index (χ3n) is 6.73. The molecule has 0 radical (unpaired) electrons. The van der Waals surface area contributed by atoms with E-state index in [0.29, 0.717) is 32.1 Å². The number of ketones is 1. The number of rotatable bonds is 25. The molecule has 0 saturated heterocycles. The van der Waals surface area contributed by atoms with Gasteiger partial charge in [-0.05, 0) is 19.3 Å². The number of Topliss-reactive ketones (excluding diaryl/α,β-unsaturated/α-hetero) is 1. The first-order valence-electron chi connectivity index (χ1n) is 15.2. The van der Waals surface area contributed by atoms with E-state index >= 15 is 0 Å². The molecule has 1 aromatic heterocycles. The van der Waals surface area contributed by atoms with Crippen molar-refractivity contribution in [1.82, 2.24) is 15.0 Å². The maximum Gasteiger partial charge on any atom is 0.306 e. The van der Waals surface area contributed by atoms with Crippen LogP contribution in [0, 0.1) is 0 Å². The second-order valence-corrected chi connectivity index (χ2v) is 10.4. The fourth-order valence-corrected chi connectivity index (χ4v) is 4.27. The highest BCUT2D eigenvalue weighted by molar-refractivity contribution is 5.78. The van der Waals surface area contributed by atoms with Gasteiger partial charge in [0.15, 0.2) is 6.10 Å². The van der Waals surface area contributed by atoms with Crippen LogP contribution in [0.4, 0.5) is 0 Å². The number of hydrogen-bond donors (Lipinski definition) is 0. The predicted octanol–water partition coefficient (Wildman–Crippen LogP) is 6.93. The fraction of sp³-hybridized carbons (Fsp3) is 0.833. The molecule has 8 heteroatoms. The average Bonchev–Trinajstić information content (AvgIpc) is 3.36. The van der Waals surface area contributed by atoms with Crippen molar-refractivity contribution in [1.29, 1.82) is 0 Å². The second-order valence-electron chi connectivity index (χ2n) is 10.4. The van der Waals surface area contributed by atoms with Crippen LogP contribution >= 0.6 is 0 Å². The van der Waals surface area contributed by atoms with Gasteiger partial charge >= 0.3 is 11.9 Å². The molecule has 1 aromatic rings. The number of unbranched alkanes of at least 4 members (excludes halogenated alkanes) is 12. The molecule has 0 aliphatic rings. The van der Waals surface area contributed by atoms with Crippen LogP contribution in [0.2, 0.25) is 0 Å². The molecule has 1 rings (SSSR count). The van der Waals surface area contributed by atoms with Crippen molar-refractivity contribution in [3.63, 3.8) is 0 Å². The third kappa shape index (κ3) is 18.1. The quantitative estimate of drug-likeness (QED) is 0.0988. The maximum absolute atomic E-state index is 12.5. The highest BCUT2D eigenvalue weighted by atomic mass is 16.6. The Balaban J connectivity index is 2.50. The molecule has 1 heterocycles. The van der Waals surface area contributed by atoms with Gasteiger partial charge in [0.25, 0.3) is 0 Å². The lowest BCUT2D eigenvalue weighted by atomic mass is 10.1. The Kier molecular flexibility index (Phi) is 20.2. The van der Waals surface area contributed by atoms with Crippen LogP contribution in [0.5, 0.6) is 0 Å². The van der Waals surface area contributed by atoms with Crippen molar-refractivity contribution in [3.8, 4) is 0 Å². The van der Waals surface area contributed by atoms with Crippen LogP contribution < -0.4 is 0 Å². The zero-order chi connectivity index (χ0) is 27.8. The standard InChI is InChI=1S/C30H53N3O5/c1-4-7-9-11-13-15-17-19-29(35)37-25-28(38-30(36)20-18-16-14-12-10-8-5-2)24-33-23-26(31-32-33)21-22-27(34)6-3/h23,28H,4-22,24-25H2,1-3H3. The lowest BCUT2D eigenvalue weighted by Crippen LogP contribution is -2.30. The van der Waals surface area contributed by atoms with Gasteiger partial charge < -0.3 is 9.47 Å². The summed E-state index contributed by atoms with van der Waals surface area (Å²) in [5.74, 6) is -0.353. The van der Waals surface area contributed by atoms with E-state index in [9.17, 15) is 14.4 Å². The van der Waals surface area contributed by atoms with Gasteiger partial charge in [0.05, 0.1) is 12.2 Å². The normalized spacial score (nSPS) is 11.9. The van der Waals surface area contributed by atoms with E-state index in [1.807, 2.05) is 6.92 Å². The van der Waals surface area contributed by atoms with Crippen LogP contribution in [0.15, 0.2) is 6.20 Å². The van der Waals surface area contributed by atoms with E-state index in [1.54, 1.807) is 10.9 Å². The first-order valence-corrected chi connectivity index (χ1v) is 15.2. The minimum Gasteiger partial charge on any atom is -0.462 e. The van der Waals surface area contributed by atoms with E-state index in [2.05, 4.69) is 24.2 Å². The third-order valence-corrected chi connectivity index (χ3v) is 6.73. The molecule has 38 heavy (non-hydrogen) atoms. The van der Waals surface area contributed by atoms with Gasteiger partial charge in [0, 0.05) is 31.9 Å². The molecule has 0 spiro atoms. The van der Waals surface area contributed by atoms with Gasteiger partial charge in [0.1, 0.15) is 12.4 Å². The van der Waals surface area contributed by atoms with Gasteiger partial charge in [-0.15, -0.1) is 5.10 Å². The summed E-state index contributed by atoms with van der Waals surface area (Å²) in [5.41, 5.74) is 0.718. The molecule has 0 aliphatic carbocycles. The zero-order valence-electron chi connectivity index (χ0n) is 24.4. The van der Waals surface area contributed by atoms with Crippen molar-refractivity contribution >= 4 is 17.7 Å². The molecule has 0 bridgehead atoms. The Bertz CT molecular complexity index is 765. The van der Waals surface area contributed by atoms with Crippen molar-refractivity contribution in [2.75, 3.05) is 6.61 Å². The smallest absolute Gasteiger partial charge is 0.306 e. The van der Waals surface area contributed by atoms with E-state index in [1.165, 1.54) is 51.4 Å². The van der Waals surface area contributed by atoms with Gasteiger partial charge in [-0.2, -0.15) is 0 Å². The number of carbonyl (C=O) groups is 3. The van der Waals surface area contributed by atoms with Crippen molar-refractivity contribution in [3.05, 3.63) is 11.9 Å².